The largest absolute Gasteiger partial charge is 0.453 e. The molecule has 8 heteroatoms. The standard InChI is InChI=1S/C20H24N4O4/c1-12-13(2)21-18-10-16(22-24(18)19(12)25)14-6-8-23(9-7-14)20(26)17-5-4-15(28-17)11-27-3/h4-5,10,14,22H,6-9,11H2,1-3H3. The Morgan fingerprint density at radius 3 is 2.79 bits per heavy atom. The predicted molar refractivity (Wildman–Crippen MR) is 103 cm³/mol. The zero-order chi connectivity index (χ0) is 19.8. The quantitative estimate of drug-likeness (QED) is 0.746. The highest BCUT2D eigenvalue weighted by Crippen LogP contribution is 2.28. The number of aromatic amines is 1. The molecule has 0 spiro atoms. The fourth-order valence-corrected chi connectivity index (χ4v) is 3.71. The number of likely N-dealkylation sites (tertiary alicyclic amines) is 1. The van der Waals surface area contributed by atoms with Crippen LogP contribution in [0.2, 0.25) is 0 Å². The molecule has 148 valence electrons. The number of nitrogens with one attached hydrogen (secondary N) is 1. The van der Waals surface area contributed by atoms with Crippen molar-refractivity contribution in [1.82, 2.24) is 19.5 Å². The highest BCUT2D eigenvalue weighted by Gasteiger charge is 2.27. The molecule has 8 nitrogen and oxygen atoms in total. The lowest BCUT2D eigenvalue weighted by atomic mass is 9.93. The fraction of sp³-hybridized carbons (Fsp3) is 0.450. The molecule has 4 heterocycles. The van der Waals surface area contributed by atoms with Crippen LogP contribution < -0.4 is 5.56 Å². The summed E-state index contributed by atoms with van der Waals surface area (Å²) in [4.78, 5) is 31.4. The van der Waals surface area contributed by atoms with Crippen LogP contribution in [0.15, 0.2) is 27.4 Å². The lowest BCUT2D eigenvalue weighted by Crippen LogP contribution is -2.37. The predicted octanol–water partition coefficient (Wildman–Crippen LogP) is 2.40. The van der Waals surface area contributed by atoms with Crippen molar-refractivity contribution >= 4 is 11.6 Å². The van der Waals surface area contributed by atoms with Crippen LogP contribution in [0.1, 0.15) is 52.0 Å². The van der Waals surface area contributed by atoms with E-state index in [9.17, 15) is 9.59 Å². The molecule has 0 aliphatic carbocycles. The van der Waals surface area contributed by atoms with Gasteiger partial charge in [-0.05, 0) is 38.8 Å². The van der Waals surface area contributed by atoms with Crippen LogP contribution in [-0.2, 0) is 11.3 Å². The summed E-state index contributed by atoms with van der Waals surface area (Å²) in [6.07, 6.45) is 1.63. The Hall–Kier alpha value is -2.87. The lowest BCUT2D eigenvalue weighted by Gasteiger charge is -2.30. The van der Waals surface area contributed by atoms with Crippen molar-refractivity contribution < 1.29 is 13.9 Å². The molecule has 0 atom stereocenters. The summed E-state index contributed by atoms with van der Waals surface area (Å²) in [5.74, 6) is 1.15. The van der Waals surface area contributed by atoms with Crippen molar-refractivity contribution in [3.05, 3.63) is 57.0 Å². The van der Waals surface area contributed by atoms with Gasteiger partial charge in [-0.2, -0.15) is 0 Å². The second kappa shape index (κ2) is 7.27. The van der Waals surface area contributed by atoms with Gasteiger partial charge in [0, 0.05) is 49.1 Å². The molecule has 1 amide bonds. The van der Waals surface area contributed by atoms with E-state index in [1.54, 1.807) is 26.2 Å². The van der Waals surface area contributed by atoms with E-state index in [0.29, 0.717) is 42.4 Å². The highest BCUT2D eigenvalue weighted by atomic mass is 16.5. The van der Waals surface area contributed by atoms with Crippen LogP contribution in [0.5, 0.6) is 0 Å². The number of ether oxygens (including phenoxy) is 1. The monoisotopic (exact) mass is 384 g/mol. The Labute approximate surface area is 162 Å². The summed E-state index contributed by atoms with van der Waals surface area (Å²) in [6, 6.07) is 5.41. The summed E-state index contributed by atoms with van der Waals surface area (Å²) in [5.41, 5.74) is 2.97. The van der Waals surface area contributed by atoms with Crippen molar-refractivity contribution in [2.24, 2.45) is 0 Å². The van der Waals surface area contributed by atoms with Crippen molar-refractivity contribution in [2.75, 3.05) is 20.2 Å². The normalized spacial score (nSPS) is 15.5. The third-order valence-corrected chi connectivity index (χ3v) is 5.48. The van der Waals surface area contributed by atoms with E-state index in [1.165, 1.54) is 4.52 Å². The first kappa shape index (κ1) is 18.5. The molecule has 0 radical (unpaired) electrons. The first-order valence-corrected chi connectivity index (χ1v) is 9.43. The van der Waals surface area contributed by atoms with Gasteiger partial charge in [0.1, 0.15) is 12.4 Å². The molecular formula is C20H24N4O4. The number of amides is 1. The van der Waals surface area contributed by atoms with Crippen molar-refractivity contribution in [3.8, 4) is 0 Å². The lowest BCUT2D eigenvalue weighted by molar-refractivity contribution is 0.0672. The fourth-order valence-electron chi connectivity index (χ4n) is 3.71. The molecule has 0 aromatic carbocycles. The number of hydrogen-bond acceptors (Lipinski definition) is 5. The van der Waals surface area contributed by atoms with Crippen molar-refractivity contribution in [3.63, 3.8) is 0 Å². The Bertz CT molecular complexity index is 1070. The SMILES string of the molecule is COCc1ccc(C(=O)N2CCC(c3cc4nc(C)c(C)c(=O)n4[nH]3)CC2)o1. The molecule has 28 heavy (non-hydrogen) atoms. The van der Waals surface area contributed by atoms with E-state index in [-0.39, 0.29) is 17.4 Å². The maximum atomic E-state index is 12.6. The van der Waals surface area contributed by atoms with Crippen LogP contribution >= 0.6 is 0 Å². The summed E-state index contributed by atoms with van der Waals surface area (Å²) in [6.45, 7) is 5.26. The molecule has 1 fully saturated rings. The third-order valence-electron chi connectivity index (χ3n) is 5.48. The van der Waals surface area contributed by atoms with E-state index >= 15 is 0 Å². The van der Waals surface area contributed by atoms with Gasteiger partial charge in [-0.25, -0.2) is 9.50 Å². The van der Waals surface area contributed by atoms with Crippen molar-refractivity contribution in [2.45, 2.75) is 39.2 Å². The number of piperidine rings is 1. The van der Waals surface area contributed by atoms with Crippen LogP contribution in [0.4, 0.5) is 0 Å². The molecular weight excluding hydrogens is 360 g/mol. The first-order chi connectivity index (χ1) is 13.5. The van der Waals surface area contributed by atoms with Gasteiger partial charge in [0.05, 0.1) is 0 Å². The second-order valence-electron chi connectivity index (χ2n) is 7.30. The van der Waals surface area contributed by atoms with Gasteiger partial charge >= 0.3 is 0 Å². The van der Waals surface area contributed by atoms with E-state index in [0.717, 1.165) is 24.2 Å². The zero-order valence-electron chi connectivity index (χ0n) is 16.3. The Kier molecular flexibility index (Phi) is 4.80. The van der Waals surface area contributed by atoms with Gasteiger partial charge in [-0.1, -0.05) is 0 Å². The molecule has 1 N–H and O–H groups in total. The number of methoxy groups -OCH3 is 1. The third kappa shape index (κ3) is 3.24. The van der Waals surface area contributed by atoms with Crippen LogP contribution in [0.25, 0.3) is 5.65 Å². The minimum atomic E-state index is -0.0958. The number of rotatable bonds is 4. The summed E-state index contributed by atoms with van der Waals surface area (Å²) in [5, 5.41) is 3.20. The molecule has 0 saturated carbocycles. The molecule has 0 unspecified atom stereocenters. The molecule has 1 aliphatic heterocycles. The van der Waals surface area contributed by atoms with Crippen LogP contribution in [0, 0.1) is 13.8 Å². The minimum absolute atomic E-state index is 0.0638. The Balaban J connectivity index is 1.46. The van der Waals surface area contributed by atoms with Gasteiger partial charge < -0.3 is 14.1 Å². The summed E-state index contributed by atoms with van der Waals surface area (Å²) >= 11 is 0. The molecule has 4 rings (SSSR count). The highest BCUT2D eigenvalue weighted by molar-refractivity contribution is 5.91. The minimum Gasteiger partial charge on any atom is -0.453 e. The second-order valence-corrected chi connectivity index (χ2v) is 7.30. The smallest absolute Gasteiger partial charge is 0.289 e. The first-order valence-electron chi connectivity index (χ1n) is 9.43. The number of H-pyrrole nitrogens is 1. The molecule has 1 saturated heterocycles. The van der Waals surface area contributed by atoms with Crippen LogP contribution in [-0.4, -0.2) is 45.6 Å². The average molecular weight is 384 g/mol. The summed E-state index contributed by atoms with van der Waals surface area (Å²) < 4.78 is 12.1. The van der Waals surface area contributed by atoms with Gasteiger partial charge in [-0.3, -0.25) is 14.7 Å². The molecule has 3 aromatic heterocycles. The summed E-state index contributed by atoms with van der Waals surface area (Å²) in [7, 11) is 1.59. The topological polar surface area (TPSA) is 92.8 Å². The van der Waals surface area contributed by atoms with E-state index in [2.05, 4.69) is 10.1 Å². The number of aryl methyl sites for hydroxylation is 1. The zero-order valence-corrected chi connectivity index (χ0v) is 16.3. The Morgan fingerprint density at radius 2 is 2.07 bits per heavy atom. The number of fused-ring (bicyclic) bond motifs is 1. The number of hydrogen-bond donors (Lipinski definition) is 1. The molecule has 1 aliphatic rings. The van der Waals surface area contributed by atoms with Gasteiger partial charge in [0.15, 0.2) is 11.4 Å². The average Bonchev–Trinajstić information content (AvgIpc) is 3.33. The number of furan rings is 1. The number of nitrogens with zero attached hydrogens (tertiary/aromatic N) is 3. The van der Waals surface area contributed by atoms with Gasteiger partial charge in [0.2, 0.25) is 0 Å². The van der Waals surface area contributed by atoms with Gasteiger partial charge in [-0.15, -0.1) is 0 Å². The van der Waals surface area contributed by atoms with Gasteiger partial charge in [0.25, 0.3) is 11.5 Å². The molecule has 0 bridgehead atoms. The van der Waals surface area contributed by atoms with Crippen molar-refractivity contribution in [1.29, 1.82) is 0 Å². The van der Waals surface area contributed by atoms with Crippen LogP contribution in [0.3, 0.4) is 0 Å². The number of aromatic nitrogens is 3. The Morgan fingerprint density at radius 1 is 1.32 bits per heavy atom. The van der Waals surface area contributed by atoms with E-state index in [4.69, 9.17) is 9.15 Å². The number of carbonyl (C=O) groups excluding carboxylic acids is 1. The maximum Gasteiger partial charge on any atom is 0.289 e. The number of carbonyl (C=O) groups is 1. The van der Waals surface area contributed by atoms with E-state index < -0.39 is 0 Å². The van der Waals surface area contributed by atoms with E-state index in [1.807, 2.05) is 17.9 Å². The maximum absolute atomic E-state index is 12.6. The molecule has 3 aromatic rings.